The van der Waals surface area contributed by atoms with E-state index in [1.807, 2.05) is 5.38 Å². The number of alkyl halides is 1. The molecule has 1 saturated heterocycles. The van der Waals surface area contributed by atoms with Gasteiger partial charge in [0.1, 0.15) is 5.01 Å². The molecule has 112 valence electrons. The minimum absolute atomic E-state index is 0.375. The van der Waals surface area contributed by atoms with Crippen molar-refractivity contribution in [3.8, 4) is 10.6 Å². The second-order valence-corrected chi connectivity index (χ2v) is 6.44. The molecule has 1 aliphatic rings. The fourth-order valence-corrected chi connectivity index (χ4v) is 3.84. The second-order valence-electron chi connectivity index (χ2n) is 5.32. The molecule has 5 heteroatoms. The number of nitrogens with zero attached hydrogens (tertiary/aromatic N) is 2. The molecule has 0 bridgehead atoms. The van der Waals surface area contributed by atoms with Crippen molar-refractivity contribution >= 4 is 22.9 Å². The summed E-state index contributed by atoms with van der Waals surface area (Å²) in [5.41, 5.74) is 3.50. The first-order chi connectivity index (χ1) is 10.3. The van der Waals surface area contributed by atoms with E-state index in [2.05, 4.69) is 34.1 Å². The summed E-state index contributed by atoms with van der Waals surface area (Å²) in [5.74, 6) is 0.473. The van der Waals surface area contributed by atoms with Crippen LogP contribution in [0.3, 0.4) is 0 Å². The van der Waals surface area contributed by atoms with Gasteiger partial charge in [-0.15, -0.1) is 22.9 Å². The van der Waals surface area contributed by atoms with Gasteiger partial charge >= 0.3 is 0 Å². The van der Waals surface area contributed by atoms with Crippen molar-refractivity contribution < 1.29 is 4.74 Å². The Kier molecular flexibility index (Phi) is 4.91. The summed E-state index contributed by atoms with van der Waals surface area (Å²) in [6.45, 7) is 3.05. The van der Waals surface area contributed by atoms with Crippen LogP contribution in [0.2, 0.25) is 0 Å². The zero-order chi connectivity index (χ0) is 14.7. The molecular weight excluding hydrogens is 304 g/mol. The molecule has 3 nitrogen and oxygen atoms in total. The van der Waals surface area contributed by atoms with E-state index in [1.165, 1.54) is 11.1 Å². The molecule has 1 unspecified atom stereocenters. The minimum Gasteiger partial charge on any atom is -0.380 e. The number of hydrogen-bond acceptors (Lipinski definition) is 4. The third kappa shape index (κ3) is 3.46. The molecular formula is C16H19ClN2OS. The molecule has 2 heterocycles. The number of aromatic nitrogens is 1. The van der Waals surface area contributed by atoms with Crippen LogP contribution >= 0.6 is 22.9 Å². The van der Waals surface area contributed by atoms with E-state index >= 15 is 0 Å². The molecule has 1 aliphatic heterocycles. The van der Waals surface area contributed by atoms with Crippen LogP contribution in [0.4, 0.5) is 0 Å². The Morgan fingerprint density at radius 1 is 1.43 bits per heavy atom. The largest absolute Gasteiger partial charge is 0.380 e. The number of thiazole rings is 1. The molecule has 0 aliphatic carbocycles. The number of benzene rings is 1. The van der Waals surface area contributed by atoms with E-state index < -0.39 is 0 Å². The fraction of sp³-hybridized carbons (Fsp3) is 0.438. The standard InChI is InChI=1S/C16H19ClN2OS/c1-20-14-6-7-19(10-14)9-12-4-2-3-5-15(12)16-18-13(8-17)11-21-16/h2-5,11,14H,6-10H2,1H3. The van der Waals surface area contributed by atoms with Crippen molar-refractivity contribution in [1.82, 2.24) is 9.88 Å². The van der Waals surface area contributed by atoms with Gasteiger partial charge in [0.05, 0.1) is 17.7 Å². The summed E-state index contributed by atoms with van der Waals surface area (Å²) < 4.78 is 5.45. The van der Waals surface area contributed by atoms with E-state index in [1.54, 1.807) is 18.4 Å². The number of halogens is 1. The van der Waals surface area contributed by atoms with E-state index in [-0.39, 0.29) is 0 Å². The maximum atomic E-state index is 5.86. The predicted octanol–water partition coefficient (Wildman–Crippen LogP) is 3.77. The molecule has 3 rings (SSSR count). The highest BCUT2D eigenvalue weighted by atomic mass is 35.5. The van der Waals surface area contributed by atoms with Crippen molar-refractivity contribution in [3.05, 3.63) is 40.9 Å². The van der Waals surface area contributed by atoms with Crippen molar-refractivity contribution in [2.24, 2.45) is 0 Å². The molecule has 1 fully saturated rings. The lowest BCUT2D eigenvalue weighted by molar-refractivity contribution is 0.107. The Morgan fingerprint density at radius 3 is 3.00 bits per heavy atom. The average Bonchev–Trinajstić information content (AvgIpc) is 3.16. The van der Waals surface area contributed by atoms with Crippen molar-refractivity contribution in [3.63, 3.8) is 0 Å². The topological polar surface area (TPSA) is 25.4 Å². The average molecular weight is 323 g/mol. The molecule has 0 saturated carbocycles. The Balaban J connectivity index is 1.79. The zero-order valence-electron chi connectivity index (χ0n) is 12.1. The summed E-state index contributed by atoms with van der Waals surface area (Å²) in [6, 6.07) is 8.51. The summed E-state index contributed by atoms with van der Waals surface area (Å²) >= 11 is 7.52. The van der Waals surface area contributed by atoms with Crippen LogP contribution < -0.4 is 0 Å². The molecule has 0 radical (unpaired) electrons. The highest BCUT2D eigenvalue weighted by Crippen LogP contribution is 2.29. The SMILES string of the molecule is COC1CCN(Cc2ccccc2-c2nc(CCl)cs2)C1. The van der Waals surface area contributed by atoms with Gasteiger partial charge in [0.2, 0.25) is 0 Å². The van der Waals surface area contributed by atoms with Crippen LogP contribution in [-0.2, 0) is 17.2 Å². The Labute approximate surface area is 134 Å². The van der Waals surface area contributed by atoms with Gasteiger partial charge in [0.25, 0.3) is 0 Å². The first-order valence-corrected chi connectivity index (χ1v) is 8.55. The molecule has 21 heavy (non-hydrogen) atoms. The highest BCUT2D eigenvalue weighted by molar-refractivity contribution is 7.13. The number of hydrogen-bond donors (Lipinski definition) is 0. The highest BCUT2D eigenvalue weighted by Gasteiger charge is 2.22. The number of likely N-dealkylation sites (tertiary alicyclic amines) is 1. The van der Waals surface area contributed by atoms with Gasteiger partial charge in [0, 0.05) is 37.7 Å². The molecule has 0 N–H and O–H groups in total. The summed E-state index contributed by atoms with van der Waals surface area (Å²) in [5, 5.41) is 3.10. The van der Waals surface area contributed by atoms with Crippen molar-refractivity contribution in [1.29, 1.82) is 0 Å². The molecule has 2 aromatic rings. The van der Waals surface area contributed by atoms with Crippen molar-refractivity contribution in [2.75, 3.05) is 20.2 Å². The Bertz CT molecular complexity index is 601. The number of rotatable bonds is 5. The van der Waals surface area contributed by atoms with Gasteiger partial charge in [-0.1, -0.05) is 24.3 Å². The third-order valence-electron chi connectivity index (χ3n) is 3.89. The molecule has 0 amide bonds. The molecule has 1 aromatic heterocycles. The minimum atomic E-state index is 0.375. The van der Waals surface area contributed by atoms with Gasteiger partial charge in [-0.05, 0) is 12.0 Å². The maximum Gasteiger partial charge on any atom is 0.123 e. The number of ether oxygens (including phenoxy) is 1. The Hall–Kier alpha value is -0.940. The lowest BCUT2D eigenvalue weighted by atomic mass is 10.1. The molecule has 0 spiro atoms. The fourth-order valence-electron chi connectivity index (χ4n) is 2.73. The summed E-state index contributed by atoms with van der Waals surface area (Å²) in [6.07, 6.45) is 1.49. The van der Waals surface area contributed by atoms with E-state index in [4.69, 9.17) is 16.3 Å². The van der Waals surface area contributed by atoms with E-state index in [9.17, 15) is 0 Å². The summed E-state index contributed by atoms with van der Waals surface area (Å²) in [7, 11) is 1.80. The van der Waals surface area contributed by atoms with E-state index in [0.29, 0.717) is 12.0 Å². The van der Waals surface area contributed by atoms with Gasteiger partial charge in [0.15, 0.2) is 0 Å². The normalized spacial score (nSPS) is 19.2. The van der Waals surface area contributed by atoms with Crippen LogP contribution in [-0.4, -0.2) is 36.2 Å². The molecule has 1 aromatic carbocycles. The summed E-state index contributed by atoms with van der Waals surface area (Å²) in [4.78, 5) is 7.06. The quantitative estimate of drug-likeness (QED) is 0.784. The van der Waals surface area contributed by atoms with Crippen LogP contribution in [0.25, 0.3) is 10.6 Å². The third-order valence-corrected chi connectivity index (χ3v) is 5.09. The van der Waals surface area contributed by atoms with Gasteiger partial charge in [-0.2, -0.15) is 0 Å². The van der Waals surface area contributed by atoms with Crippen LogP contribution in [0, 0.1) is 0 Å². The lowest BCUT2D eigenvalue weighted by Crippen LogP contribution is -2.22. The van der Waals surface area contributed by atoms with Crippen LogP contribution in [0.1, 0.15) is 17.7 Å². The van der Waals surface area contributed by atoms with Gasteiger partial charge in [-0.25, -0.2) is 4.98 Å². The van der Waals surface area contributed by atoms with E-state index in [0.717, 1.165) is 36.8 Å². The first-order valence-electron chi connectivity index (χ1n) is 7.14. The maximum absolute atomic E-state index is 5.86. The second kappa shape index (κ2) is 6.88. The molecule has 1 atom stereocenters. The zero-order valence-corrected chi connectivity index (χ0v) is 13.7. The van der Waals surface area contributed by atoms with Gasteiger partial charge in [-0.3, -0.25) is 4.90 Å². The predicted molar refractivity (Wildman–Crippen MR) is 87.8 cm³/mol. The van der Waals surface area contributed by atoms with Gasteiger partial charge < -0.3 is 4.74 Å². The van der Waals surface area contributed by atoms with Crippen LogP contribution in [0.5, 0.6) is 0 Å². The lowest BCUT2D eigenvalue weighted by Gasteiger charge is -2.17. The first kappa shape index (κ1) is 15.0. The smallest absolute Gasteiger partial charge is 0.123 e. The van der Waals surface area contributed by atoms with Crippen molar-refractivity contribution in [2.45, 2.75) is 24.9 Å². The Morgan fingerprint density at radius 2 is 2.29 bits per heavy atom. The number of methoxy groups -OCH3 is 1. The van der Waals surface area contributed by atoms with Crippen LogP contribution in [0.15, 0.2) is 29.6 Å². The monoisotopic (exact) mass is 322 g/mol.